The molecule has 1 aliphatic heterocycles. The van der Waals surface area contributed by atoms with Gasteiger partial charge in [0.2, 0.25) is 0 Å². The Bertz CT molecular complexity index is 254. The highest BCUT2D eigenvalue weighted by atomic mass is 32.3. The predicted octanol–water partition coefficient (Wildman–Crippen LogP) is -1.50. The molecule has 7 heteroatoms. The van der Waals surface area contributed by atoms with Crippen LogP contribution in [0.5, 0.6) is 0 Å². The van der Waals surface area contributed by atoms with Gasteiger partial charge in [-0.25, -0.2) is 10.0 Å². The molecule has 0 aromatic heterocycles. The summed E-state index contributed by atoms with van der Waals surface area (Å²) in [5, 5.41) is 37.9. The van der Waals surface area contributed by atoms with Gasteiger partial charge in [-0.3, -0.25) is 0 Å². The van der Waals surface area contributed by atoms with Crippen molar-refractivity contribution in [1.82, 2.24) is 0 Å². The molecule has 110 valence electrons. The molecule has 0 aliphatic carbocycles. The Balaban J connectivity index is 2.49. The zero-order valence-corrected chi connectivity index (χ0v) is 11.8. The number of aliphatic hydroxyl groups excluding tert-OH is 4. The summed E-state index contributed by atoms with van der Waals surface area (Å²) in [7, 11) is -0.709. The van der Waals surface area contributed by atoms with Gasteiger partial charge in [-0.2, -0.15) is 0 Å². The van der Waals surface area contributed by atoms with Crippen molar-refractivity contribution in [3.8, 4) is 0 Å². The van der Waals surface area contributed by atoms with Crippen LogP contribution in [0.4, 0.5) is 0 Å². The molecular weight excluding hydrogens is 260 g/mol. The van der Waals surface area contributed by atoms with Crippen molar-refractivity contribution in [2.45, 2.75) is 30.7 Å². The Kier molecular flexibility index (Phi) is 5.85. The molecule has 0 saturated carbocycles. The van der Waals surface area contributed by atoms with Crippen LogP contribution in [-0.4, -0.2) is 88.9 Å². The minimum Gasteiger partial charge on any atom is -0.394 e. The third-order valence-corrected chi connectivity index (χ3v) is 4.22. The summed E-state index contributed by atoms with van der Waals surface area (Å²) in [4.78, 5) is 0. The zero-order chi connectivity index (χ0) is 13.9. The van der Waals surface area contributed by atoms with Crippen molar-refractivity contribution in [3.05, 3.63) is 0 Å². The highest BCUT2D eigenvalue weighted by Crippen LogP contribution is 2.34. The molecular formula is C11H24O6S. The maximum atomic E-state index is 9.72. The van der Waals surface area contributed by atoms with E-state index in [1.165, 1.54) is 0 Å². The third-order valence-electron chi connectivity index (χ3n) is 2.83. The summed E-state index contributed by atoms with van der Waals surface area (Å²) in [6.45, 7) is -0.0309. The first kappa shape index (κ1) is 16.2. The van der Waals surface area contributed by atoms with Gasteiger partial charge in [-0.05, 0) is 18.8 Å². The molecule has 0 spiro atoms. The molecule has 1 heterocycles. The fourth-order valence-corrected chi connectivity index (χ4v) is 2.22. The van der Waals surface area contributed by atoms with Crippen LogP contribution in [0.15, 0.2) is 0 Å². The number of aliphatic hydroxyl groups is 4. The first-order chi connectivity index (χ1) is 8.26. The average molecular weight is 284 g/mol. The van der Waals surface area contributed by atoms with Gasteiger partial charge in [0.05, 0.1) is 13.2 Å². The highest BCUT2D eigenvalue weighted by Gasteiger charge is 2.43. The summed E-state index contributed by atoms with van der Waals surface area (Å²) >= 11 is 0. The van der Waals surface area contributed by atoms with Crippen LogP contribution >= 0.6 is 10.0 Å². The molecule has 0 aromatic carbocycles. The highest BCUT2D eigenvalue weighted by molar-refractivity contribution is 8.32. The van der Waals surface area contributed by atoms with Gasteiger partial charge in [0.15, 0.2) is 6.29 Å². The van der Waals surface area contributed by atoms with Gasteiger partial charge in [0.1, 0.15) is 24.4 Å². The lowest BCUT2D eigenvalue weighted by atomic mass is 9.99. The van der Waals surface area contributed by atoms with Crippen LogP contribution in [0.1, 0.15) is 0 Å². The minimum absolute atomic E-state index is 0.404. The molecule has 0 unspecified atom stereocenters. The molecule has 1 rings (SSSR count). The maximum absolute atomic E-state index is 9.72. The van der Waals surface area contributed by atoms with E-state index in [0.29, 0.717) is 6.61 Å². The van der Waals surface area contributed by atoms with E-state index in [0.717, 1.165) is 5.75 Å². The van der Waals surface area contributed by atoms with Gasteiger partial charge in [-0.1, -0.05) is 0 Å². The first-order valence-electron chi connectivity index (χ1n) is 5.84. The molecule has 1 fully saturated rings. The fourth-order valence-electron chi connectivity index (χ4n) is 1.62. The molecule has 0 aromatic rings. The largest absolute Gasteiger partial charge is 0.394 e. The Labute approximate surface area is 109 Å². The van der Waals surface area contributed by atoms with Crippen molar-refractivity contribution in [3.63, 3.8) is 0 Å². The summed E-state index contributed by atoms with van der Waals surface area (Å²) in [6, 6.07) is 0. The number of hydrogen-bond acceptors (Lipinski definition) is 6. The quantitative estimate of drug-likeness (QED) is 0.490. The second-order valence-electron chi connectivity index (χ2n) is 5.36. The van der Waals surface area contributed by atoms with E-state index in [9.17, 15) is 15.3 Å². The molecule has 18 heavy (non-hydrogen) atoms. The van der Waals surface area contributed by atoms with Crippen molar-refractivity contribution in [2.75, 3.05) is 37.7 Å². The third kappa shape index (κ3) is 4.34. The fraction of sp³-hybridized carbons (Fsp3) is 1.00. The molecule has 5 atom stereocenters. The van der Waals surface area contributed by atoms with Crippen molar-refractivity contribution in [1.29, 1.82) is 0 Å². The number of rotatable bonds is 5. The molecule has 4 N–H and O–H groups in total. The summed E-state index contributed by atoms with van der Waals surface area (Å²) in [6.07, 6.45) is 0.494. The van der Waals surface area contributed by atoms with Crippen LogP contribution in [0, 0.1) is 0 Å². The second-order valence-corrected chi connectivity index (χ2v) is 9.95. The zero-order valence-electron chi connectivity index (χ0n) is 11.0. The monoisotopic (exact) mass is 284 g/mol. The molecule has 0 amide bonds. The van der Waals surface area contributed by atoms with Crippen LogP contribution in [0.2, 0.25) is 0 Å². The van der Waals surface area contributed by atoms with E-state index in [1.807, 2.05) is 0 Å². The van der Waals surface area contributed by atoms with E-state index >= 15 is 0 Å². The molecule has 1 aliphatic rings. The van der Waals surface area contributed by atoms with Gasteiger partial charge < -0.3 is 29.9 Å². The minimum atomic E-state index is -1.37. The topological polar surface area (TPSA) is 99.4 Å². The standard InChI is InChI=1S/C11H24O6S/c1-18(2,3)5-4-16-11-10(15)9(14)8(13)7(6-12)17-11/h7-15H,4-6H2,1-3H3/t7-,8-,9+,10-,11-/m1/s1. The van der Waals surface area contributed by atoms with Crippen LogP contribution in [0.25, 0.3) is 0 Å². The summed E-state index contributed by atoms with van der Waals surface area (Å²) in [5.74, 6) is 0.849. The molecule has 0 radical (unpaired) electrons. The lowest BCUT2D eigenvalue weighted by Gasteiger charge is -2.40. The lowest BCUT2D eigenvalue weighted by molar-refractivity contribution is -0.299. The van der Waals surface area contributed by atoms with E-state index in [1.54, 1.807) is 0 Å². The van der Waals surface area contributed by atoms with Crippen LogP contribution in [0.3, 0.4) is 0 Å². The number of hydrogen-bond donors (Lipinski definition) is 4. The molecule has 0 bridgehead atoms. The second kappa shape index (κ2) is 6.51. The van der Waals surface area contributed by atoms with Crippen LogP contribution < -0.4 is 0 Å². The van der Waals surface area contributed by atoms with Crippen LogP contribution in [-0.2, 0) is 9.47 Å². The Morgan fingerprint density at radius 1 is 1.06 bits per heavy atom. The molecule has 1 saturated heterocycles. The van der Waals surface area contributed by atoms with E-state index in [-0.39, 0.29) is 0 Å². The van der Waals surface area contributed by atoms with E-state index < -0.39 is 47.3 Å². The van der Waals surface area contributed by atoms with Gasteiger partial charge in [0, 0.05) is 5.75 Å². The SMILES string of the molecule is CS(C)(C)CCO[C@@H]1O[C@H](CO)[C@@H](O)[C@H](O)[C@H]1O. The first-order valence-corrected chi connectivity index (χ1v) is 8.87. The molecule has 6 nitrogen and oxygen atoms in total. The van der Waals surface area contributed by atoms with Crippen molar-refractivity contribution < 1.29 is 29.9 Å². The maximum Gasteiger partial charge on any atom is 0.186 e. The van der Waals surface area contributed by atoms with E-state index in [4.69, 9.17) is 14.6 Å². The number of ether oxygens (including phenoxy) is 2. The Hall–Kier alpha value is 0.110. The van der Waals surface area contributed by atoms with Gasteiger partial charge >= 0.3 is 0 Å². The lowest BCUT2D eigenvalue weighted by Crippen LogP contribution is -2.59. The van der Waals surface area contributed by atoms with Crippen molar-refractivity contribution in [2.24, 2.45) is 0 Å². The Morgan fingerprint density at radius 2 is 1.67 bits per heavy atom. The Morgan fingerprint density at radius 3 is 2.17 bits per heavy atom. The average Bonchev–Trinajstić information content (AvgIpc) is 2.27. The summed E-state index contributed by atoms with van der Waals surface area (Å²) in [5.41, 5.74) is 0. The smallest absolute Gasteiger partial charge is 0.186 e. The predicted molar refractivity (Wildman–Crippen MR) is 69.9 cm³/mol. The van der Waals surface area contributed by atoms with Gasteiger partial charge in [0.25, 0.3) is 0 Å². The summed E-state index contributed by atoms with van der Waals surface area (Å²) < 4.78 is 10.6. The van der Waals surface area contributed by atoms with Crippen molar-refractivity contribution >= 4 is 10.0 Å². The van der Waals surface area contributed by atoms with E-state index in [2.05, 4.69) is 18.8 Å². The van der Waals surface area contributed by atoms with Gasteiger partial charge in [-0.15, -0.1) is 0 Å². The normalized spacial score (nSPS) is 38.7.